The fourth-order valence-corrected chi connectivity index (χ4v) is 10.5. The molecule has 1 aromatic heterocycles. The van der Waals surface area contributed by atoms with Crippen molar-refractivity contribution in [3.63, 3.8) is 0 Å². The van der Waals surface area contributed by atoms with Crippen molar-refractivity contribution in [2.75, 3.05) is 12.3 Å². The number of pyridine rings is 1. The third kappa shape index (κ3) is 5.44. The zero-order valence-electron chi connectivity index (χ0n) is 21.9. The molecule has 3 atom stereocenters. The van der Waals surface area contributed by atoms with Crippen LogP contribution in [-0.2, 0) is 20.0 Å². The molecule has 208 valence electrons. The first-order chi connectivity index (χ1) is 18.8. The molecule has 0 amide bonds. The predicted octanol–water partition coefficient (Wildman–Crippen LogP) is 4.57. The van der Waals surface area contributed by atoms with E-state index < -0.39 is 20.0 Å². The van der Waals surface area contributed by atoms with Gasteiger partial charge >= 0.3 is 0 Å². The van der Waals surface area contributed by atoms with Gasteiger partial charge in [-0.15, -0.1) is 0 Å². The minimum Gasteiger partial charge on any atom is -0.490 e. The number of piperidine rings is 1. The van der Waals surface area contributed by atoms with Crippen molar-refractivity contribution < 1.29 is 21.6 Å². The molecule has 4 heterocycles. The number of ether oxygens (including phenoxy) is 1. The van der Waals surface area contributed by atoms with Crippen molar-refractivity contribution in [3.05, 3.63) is 67.0 Å². The Morgan fingerprint density at radius 2 is 1.59 bits per heavy atom. The van der Waals surface area contributed by atoms with Gasteiger partial charge in [-0.25, -0.2) is 16.8 Å². The minimum atomic E-state index is -3.65. The molecule has 0 spiro atoms. The first-order valence-corrected chi connectivity index (χ1v) is 16.9. The summed E-state index contributed by atoms with van der Waals surface area (Å²) in [6.45, 7) is 0.474. The third-order valence-corrected chi connectivity index (χ3v) is 12.5. The number of nitrogens with zero attached hydrogens (tertiary/aromatic N) is 3. The number of hydrogen-bond acceptors (Lipinski definition) is 6. The zero-order chi connectivity index (χ0) is 27.0. The van der Waals surface area contributed by atoms with E-state index in [1.54, 1.807) is 33.1 Å². The summed E-state index contributed by atoms with van der Waals surface area (Å²) in [6.07, 6.45) is 9.05. The van der Waals surface area contributed by atoms with Crippen molar-refractivity contribution in [1.29, 1.82) is 0 Å². The second-order valence-corrected chi connectivity index (χ2v) is 14.9. The largest absolute Gasteiger partial charge is 0.490 e. The number of rotatable bonds is 9. The van der Waals surface area contributed by atoms with E-state index in [4.69, 9.17) is 4.74 Å². The lowest BCUT2D eigenvalue weighted by Gasteiger charge is -2.38. The molecule has 0 aliphatic carbocycles. The second kappa shape index (κ2) is 10.8. The molecule has 2 unspecified atom stereocenters. The molecule has 0 saturated carbocycles. The number of benzene rings is 2. The van der Waals surface area contributed by atoms with Gasteiger partial charge in [0.25, 0.3) is 0 Å². The number of sulfonamides is 2. The molecule has 2 bridgehead atoms. The molecular weight excluding hydrogens is 534 g/mol. The molecule has 3 saturated heterocycles. The van der Waals surface area contributed by atoms with Gasteiger partial charge in [-0.3, -0.25) is 4.98 Å². The standard InChI is InChI=1S/C29H35N3O5S2/c33-38(34,32-25-10-11-26(32)21-28(20-25)37-27-13-15-30-16-14-27)18-4-8-24-7-3-17-31(24)39(35,36)29-12-9-22-5-1-2-6-23(22)19-29/h1-2,5-6,9,12-16,19,24-26,28H,3-4,7-8,10-11,17-18,20-21H2/t24-,25?,26?,28?/m0/s1. The first-order valence-electron chi connectivity index (χ1n) is 13.9. The monoisotopic (exact) mass is 569 g/mol. The van der Waals surface area contributed by atoms with Crippen LogP contribution in [0.5, 0.6) is 5.75 Å². The first kappa shape index (κ1) is 26.7. The highest BCUT2D eigenvalue weighted by Gasteiger charge is 2.47. The molecule has 3 aliphatic heterocycles. The Kier molecular flexibility index (Phi) is 7.39. The van der Waals surface area contributed by atoms with Crippen molar-refractivity contribution in [1.82, 2.24) is 13.6 Å². The molecule has 8 nitrogen and oxygen atoms in total. The van der Waals surface area contributed by atoms with Gasteiger partial charge in [-0.05, 0) is 73.6 Å². The number of fused-ring (bicyclic) bond motifs is 3. The molecule has 39 heavy (non-hydrogen) atoms. The molecular formula is C29H35N3O5S2. The van der Waals surface area contributed by atoms with Crippen LogP contribution in [0.3, 0.4) is 0 Å². The summed E-state index contributed by atoms with van der Waals surface area (Å²) in [5.41, 5.74) is 0. The fraction of sp³-hybridized carbons (Fsp3) is 0.483. The van der Waals surface area contributed by atoms with Gasteiger partial charge in [-0.1, -0.05) is 30.3 Å². The van der Waals surface area contributed by atoms with Gasteiger partial charge in [0, 0.05) is 49.9 Å². The van der Waals surface area contributed by atoms with Gasteiger partial charge in [0.1, 0.15) is 11.9 Å². The van der Waals surface area contributed by atoms with E-state index in [9.17, 15) is 16.8 Å². The van der Waals surface area contributed by atoms with Crippen molar-refractivity contribution in [3.8, 4) is 5.75 Å². The minimum absolute atomic E-state index is 0.00344. The van der Waals surface area contributed by atoms with E-state index in [1.807, 2.05) is 42.5 Å². The molecule has 2 aromatic carbocycles. The summed E-state index contributed by atoms with van der Waals surface area (Å²) >= 11 is 0. The van der Waals surface area contributed by atoms with Crippen LogP contribution in [-0.4, -0.2) is 67.0 Å². The van der Waals surface area contributed by atoms with Crippen LogP contribution in [0, 0.1) is 0 Å². The quantitative estimate of drug-likeness (QED) is 0.375. The molecule has 10 heteroatoms. The summed E-state index contributed by atoms with van der Waals surface area (Å²) in [5, 5.41) is 1.89. The van der Waals surface area contributed by atoms with Crippen LogP contribution in [0.25, 0.3) is 10.8 Å². The summed E-state index contributed by atoms with van der Waals surface area (Å²) in [7, 11) is -7.09. The van der Waals surface area contributed by atoms with E-state index >= 15 is 0 Å². The van der Waals surface area contributed by atoms with Gasteiger partial charge in [0.2, 0.25) is 20.0 Å². The Bertz CT molecular complexity index is 1520. The Hall–Kier alpha value is -2.53. The maximum Gasteiger partial charge on any atom is 0.243 e. The smallest absolute Gasteiger partial charge is 0.243 e. The summed E-state index contributed by atoms with van der Waals surface area (Å²) in [5.74, 6) is 0.821. The highest BCUT2D eigenvalue weighted by atomic mass is 32.2. The van der Waals surface area contributed by atoms with Crippen LogP contribution < -0.4 is 4.74 Å². The number of hydrogen-bond donors (Lipinski definition) is 0. The molecule has 0 N–H and O–H groups in total. The van der Waals surface area contributed by atoms with Crippen molar-refractivity contribution in [2.24, 2.45) is 0 Å². The summed E-state index contributed by atoms with van der Waals surface area (Å²) < 4.78 is 63.4. The van der Waals surface area contributed by atoms with Crippen LogP contribution >= 0.6 is 0 Å². The number of aromatic nitrogens is 1. The Morgan fingerprint density at radius 1 is 0.872 bits per heavy atom. The average Bonchev–Trinajstić information content (AvgIpc) is 3.52. The third-order valence-electron chi connectivity index (χ3n) is 8.49. The van der Waals surface area contributed by atoms with E-state index in [2.05, 4.69) is 4.98 Å². The van der Waals surface area contributed by atoms with Crippen molar-refractivity contribution >= 4 is 30.8 Å². The predicted molar refractivity (Wildman–Crippen MR) is 150 cm³/mol. The SMILES string of the molecule is O=S(=O)(CCC[C@@H]1CCCN1S(=O)(=O)c1ccc2ccccc2c1)N1C2CCC1CC(Oc1ccncc1)C2. The molecule has 6 rings (SSSR count). The fourth-order valence-electron chi connectivity index (χ4n) is 6.73. The van der Waals surface area contributed by atoms with Crippen LogP contribution in [0.1, 0.15) is 51.4 Å². The Balaban J connectivity index is 1.07. The van der Waals surface area contributed by atoms with E-state index in [1.165, 1.54) is 0 Å². The summed E-state index contributed by atoms with van der Waals surface area (Å²) in [6, 6.07) is 16.4. The highest BCUT2D eigenvalue weighted by molar-refractivity contribution is 7.89. The lowest BCUT2D eigenvalue weighted by atomic mass is 10.0. The Labute approximate surface area is 231 Å². The maximum absolute atomic E-state index is 13.5. The topological polar surface area (TPSA) is 96.9 Å². The molecule has 0 radical (unpaired) electrons. The lowest BCUT2D eigenvalue weighted by Crippen LogP contribution is -2.50. The van der Waals surface area contributed by atoms with Crippen LogP contribution in [0.4, 0.5) is 0 Å². The second-order valence-electron chi connectivity index (χ2n) is 11.0. The van der Waals surface area contributed by atoms with Crippen LogP contribution in [0.15, 0.2) is 71.9 Å². The van der Waals surface area contributed by atoms with Gasteiger partial charge < -0.3 is 4.74 Å². The van der Waals surface area contributed by atoms with E-state index in [-0.39, 0.29) is 30.0 Å². The van der Waals surface area contributed by atoms with Gasteiger partial charge in [-0.2, -0.15) is 8.61 Å². The van der Waals surface area contributed by atoms with Gasteiger partial charge in [0.15, 0.2) is 0 Å². The summed E-state index contributed by atoms with van der Waals surface area (Å²) in [4.78, 5) is 4.32. The zero-order valence-corrected chi connectivity index (χ0v) is 23.6. The molecule has 3 fully saturated rings. The maximum atomic E-state index is 13.5. The highest BCUT2D eigenvalue weighted by Crippen LogP contribution is 2.40. The normalized spacial score (nSPS) is 26.3. The molecule has 3 aromatic rings. The van der Waals surface area contributed by atoms with E-state index in [0.717, 1.165) is 42.2 Å². The Morgan fingerprint density at radius 3 is 2.33 bits per heavy atom. The van der Waals surface area contributed by atoms with Gasteiger partial charge in [0.05, 0.1) is 10.6 Å². The lowest BCUT2D eigenvalue weighted by molar-refractivity contribution is 0.0956. The van der Waals surface area contributed by atoms with E-state index in [0.29, 0.717) is 37.1 Å². The average molecular weight is 570 g/mol. The van der Waals surface area contributed by atoms with Crippen molar-refractivity contribution in [2.45, 2.75) is 80.5 Å². The molecule has 3 aliphatic rings. The van der Waals surface area contributed by atoms with Crippen LogP contribution in [0.2, 0.25) is 0 Å².